The van der Waals surface area contributed by atoms with E-state index in [1.54, 1.807) is 0 Å². The van der Waals surface area contributed by atoms with Crippen molar-refractivity contribution in [2.45, 2.75) is 62.8 Å². The minimum Gasteiger partial charge on any atom is -0.455 e. The smallest absolute Gasteiger partial charge is 0.330 e. The summed E-state index contributed by atoms with van der Waals surface area (Å²) in [6.07, 6.45) is 4.05. The predicted molar refractivity (Wildman–Crippen MR) is 69.3 cm³/mol. The molecule has 0 radical (unpaired) electrons. The normalized spacial score (nSPS) is 55.1. The molecule has 0 saturated heterocycles. The molecule has 4 rings (SSSR count). The first-order valence-electron chi connectivity index (χ1n) is 6.95. The van der Waals surface area contributed by atoms with E-state index < -0.39 is 22.8 Å². The van der Waals surface area contributed by atoms with Gasteiger partial charge in [0.25, 0.3) is 0 Å². The van der Waals surface area contributed by atoms with Crippen LogP contribution in [0.3, 0.4) is 0 Å². The highest BCUT2D eigenvalue weighted by Crippen LogP contribution is 2.67. The molecule has 106 valence electrons. The molecule has 4 nitrogen and oxygen atoms in total. The molecule has 0 amide bonds. The maximum absolute atomic E-state index is 11.7. The molecule has 2 N–H and O–H groups in total. The highest BCUT2D eigenvalue weighted by atomic mass is 16.6. The summed E-state index contributed by atoms with van der Waals surface area (Å²) < 4.78 is 5.63. The Hall–Kier alpha value is -0.870. The van der Waals surface area contributed by atoms with E-state index in [0.29, 0.717) is 32.1 Å². The number of hydrogen-bond donors (Lipinski definition) is 2. The Morgan fingerprint density at radius 3 is 2.53 bits per heavy atom. The highest BCUT2D eigenvalue weighted by molar-refractivity contribution is 5.81. The van der Waals surface area contributed by atoms with Gasteiger partial charge in [0.2, 0.25) is 0 Å². The Labute approximate surface area is 113 Å². The second kappa shape index (κ2) is 3.41. The summed E-state index contributed by atoms with van der Waals surface area (Å²) >= 11 is 0. The molecule has 5 atom stereocenters. The van der Waals surface area contributed by atoms with Gasteiger partial charge in [-0.1, -0.05) is 20.4 Å². The van der Waals surface area contributed by atoms with Crippen molar-refractivity contribution < 1.29 is 19.7 Å². The van der Waals surface area contributed by atoms with Crippen molar-refractivity contribution in [1.29, 1.82) is 0 Å². The average Bonchev–Trinajstić information content (AvgIpc) is 2.21. The summed E-state index contributed by atoms with van der Waals surface area (Å²) in [6, 6.07) is 0. The minimum absolute atomic E-state index is 0.155. The van der Waals surface area contributed by atoms with E-state index >= 15 is 0 Å². The van der Waals surface area contributed by atoms with Crippen molar-refractivity contribution in [3.8, 4) is 0 Å². The van der Waals surface area contributed by atoms with Gasteiger partial charge in [-0.15, -0.1) is 0 Å². The average molecular weight is 266 g/mol. The van der Waals surface area contributed by atoms with Gasteiger partial charge in [-0.3, -0.25) is 0 Å². The Bertz CT molecular complexity index is 437. The molecule has 4 saturated carbocycles. The summed E-state index contributed by atoms with van der Waals surface area (Å²) in [5.74, 6) is -0.623. The Morgan fingerprint density at radius 1 is 1.26 bits per heavy atom. The quantitative estimate of drug-likeness (QED) is 0.588. The predicted octanol–water partition coefficient (Wildman–Crippen LogP) is 1.55. The lowest BCUT2D eigenvalue weighted by molar-refractivity contribution is -0.308. The van der Waals surface area contributed by atoms with Gasteiger partial charge < -0.3 is 14.9 Å². The van der Waals surface area contributed by atoms with Crippen LogP contribution >= 0.6 is 0 Å². The number of aliphatic hydroxyl groups is 2. The van der Waals surface area contributed by atoms with Crippen LogP contribution in [0.25, 0.3) is 0 Å². The molecule has 0 aromatic rings. The Morgan fingerprint density at radius 2 is 1.95 bits per heavy atom. The van der Waals surface area contributed by atoms with Crippen LogP contribution in [-0.4, -0.2) is 33.0 Å². The molecular formula is C15H22O4. The van der Waals surface area contributed by atoms with Crippen LogP contribution < -0.4 is 0 Å². The fourth-order valence-corrected chi connectivity index (χ4v) is 5.39. The number of ether oxygens (including phenoxy) is 1. The Balaban J connectivity index is 2.05. The third kappa shape index (κ3) is 1.69. The van der Waals surface area contributed by atoms with Crippen LogP contribution in [0.15, 0.2) is 12.7 Å². The summed E-state index contributed by atoms with van der Waals surface area (Å²) in [4.78, 5) is 11.7. The number of carbonyl (C=O) groups is 1. The number of esters is 1. The first kappa shape index (κ1) is 13.1. The first-order chi connectivity index (χ1) is 8.64. The lowest BCUT2D eigenvalue weighted by Crippen LogP contribution is -2.73. The van der Waals surface area contributed by atoms with Crippen LogP contribution in [-0.2, 0) is 9.53 Å². The van der Waals surface area contributed by atoms with Gasteiger partial charge in [-0.05, 0) is 24.7 Å². The topological polar surface area (TPSA) is 66.8 Å². The fourth-order valence-electron chi connectivity index (χ4n) is 5.39. The maximum Gasteiger partial charge on any atom is 0.330 e. The zero-order chi connectivity index (χ0) is 14.1. The lowest BCUT2D eigenvalue weighted by Gasteiger charge is -2.68. The third-order valence-corrected chi connectivity index (χ3v) is 5.54. The van der Waals surface area contributed by atoms with E-state index in [-0.39, 0.29) is 11.3 Å². The highest BCUT2D eigenvalue weighted by Gasteiger charge is 2.71. The molecule has 4 fully saturated rings. The molecule has 19 heavy (non-hydrogen) atoms. The third-order valence-electron chi connectivity index (χ3n) is 5.54. The zero-order valence-electron chi connectivity index (χ0n) is 11.6. The van der Waals surface area contributed by atoms with Crippen molar-refractivity contribution in [1.82, 2.24) is 0 Å². The number of rotatable bonds is 2. The van der Waals surface area contributed by atoms with Crippen molar-refractivity contribution >= 4 is 5.97 Å². The monoisotopic (exact) mass is 266 g/mol. The van der Waals surface area contributed by atoms with Crippen LogP contribution in [0.2, 0.25) is 0 Å². The minimum atomic E-state index is -0.931. The van der Waals surface area contributed by atoms with Crippen molar-refractivity contribution in [2.75, 3.05) is 0 Å². The molecule has 0 aliphatic heterocycles. The van der Waals surface area contributed by atoms with E-state index in [9.17, 15) is 15.0 Å². The van der Waals surface area contributed by atoms with E-state index in [4.69, 9.17) is 4.74 Å². The molecule has 0 spiro atoms. The molecule has 4 aliphatic rings. The maximum atomic E-state index is 11.7. The van der Waals surface area contributed by atoms with Gasteiger partial charge in [0.15, 0.2) is 0 Å². The van der Waals surface area contributed by atoms with E-state index in [2.05, 4.69) is 13.5 Å². The second-order valence-corrected chi connectivity index (χ2v) is 7.43. The Kier molecular flexibility index (Phi) is 2.36. The first-order valence-corrected chi connectivity index (χ1v) is 6.95. The van der Waals surface area contributed by atoms with Crippen LogP contribution in [0.1, 0.15) is 46.0 Å². The molecule has 5 unspecified atom stereocenters. The molecule has 4 aliphatic carbocycles. The summed E-state index contributed by atoms with van der Waals surface area (Å²) in [5.41, 5.74) is -2.75. The van der Waals surface area contributed by atoms with Crippen LogP contribution in [0.5, 0.6) is 0 Å². The number of carbonyl (C=O) groups excluding carboxylic acids is 1. The molecule has 0 aromatic heterocycles. The van der Waals surface area contributed by atoms with Gasteiger partial charge >= 0.3 is 5.97 Å². The SMILES string of the molecule is C=CC(=O)OC12CC3(C)CC(O)(CC(O)(C3)C1C)C2. The van der Waals surface area contributed by atoms with E-state index in [0.717, 1.165) is 6.08 Å². The summed E-state index contributed by atoms with van der Waals surface area (Å²) in [5, 5.41) is 21.6. The van der Waals surface area contributed by atoms with Crippen LogP contribution in [0.4, 0.5) is 0 Å². The molecule has 4 bridgehead atoms. The largest absolute Gasteiger partial charge is 0.455 e. The number of hydrogen-bond acceptors (Lipinski definition) is 4. The molecule has 4 heteroatoms. The van der Waals surface area contributed by atoms with Gasteiger partial charge in [0, 0.05) is 24.8 Å². The van der Waals surface area contributed by atoms with Gasteiger partial charge in [0.1, 0.15) is 5.60 Å². The molecular weight excluding hydrogens is 244 g/mol. The van der Waals surface area contributed by atoms with E-state index in [1.807, 2.05) is 6.92 Å². The van der Waals surface area contributed by atoms with Crippen molar-refractivity contribution in [3.63, 3.8) is 0 Å². The standard InChI is InChI=1S/C15H22O4/c1-4-11(16)19-15-7-12(3)5-13(17,9-15)8-14(18,6-12)10(15)2/h4,10,17-18H,1,5-9H2,2-3H3. The zero-order valence-corrected chi connectivity index (χ0v) is 11.6. The fraction of sp³-hybridized carbons (Fsp3) is 0.800. The van der Waals surface area contributed by atoms with Crippen LogP contribution in [0, 0.1) is 11.3 Å². The van der Waals surface area contributed by atoms with Gasteiger partial charge in [-0.25, -0.2) is 4.79 Å². The van der Waals surface area contributed by atoms with Crippen molar-refractivity contribution in [3.05, 3.63) is 12.7 Å². The second-order valence-electron chi connectivity index (χ2n) is 7.43. The summed E-state index contributed by atoms with van der Waals surface area (Å²) in [7, 11) is 0. The van der Waals surface area contributed by atoms with Gasteiger partial charge in [0.05, 0.1) is 11.2 Å². The molecule has 0 heterocycles. The molecule has 0 aromatic carbocycles. The van der Waals surface area contributed by atoms with Gasteiger partial charge in [-0.2, -0.15) is 0 Å². The van der Waals surface area contributed by atoms with E-state index in [1.165, 1.54) is 0 Å². The lowest BCUT2D eigenvalue weighted by atomic mass is 9.42. The summed E-state index contributed by atoms with van der Waals surface area (Å²) in [6.45, 7) is 7.44. The van der Waals surface area contributed by atoms with Crippen molar-refractivity contribution in [2.24, 2.45) is 11.3 Å².